The minimum absolute atomic E-state index is 0.000541. The number of ether oxygens (including phenoxy) is 2. The Morgan fingerprint density at radius 2 is 1.86 bits per heavy atom. The second-order valence-electron chi connectivity index (χ2n) is 7.12. The maximum atomic E-state index is 13.2. The summed E-state index contributed by atoms with van der Waals surface area (Å²) in [4.78, 5) is 27.8. The molecule has 0 saturated heterocycles. The van der Waals surface area contributed by atoms with Gasteiger partial charge in [-0.2, -0.15) is 0 Å². The zero-order valence-electron chi connectivity index (χ0n) is 16.2. The zero-order valence-corrected chi connectivity index (χ0v) is 17.0. The van der Waals surface area contributed by atoms with E-state index in [-0.39, 0.29) is 29.0 Å². The molecule has 2 heterocycles. The van der Waals surface area contributed by atoms with Crippen LogP contribution in [0.15, 0.2) is 36.4 Å². The molecule has 5 nitrogen and oxygen atoms in total. The Morgan fingerprint density at radius 1 is 1.18 bits per heavy atom. The van der Waals surface area contributed by atoms with Crippen LogP contribution in [-0.2, 0) is 17.6 Å². The van der Waals surface area contributed by atoms with E-state index in [1.807, 2.05) is 37.3 Å². The number of thioether (sulfide) groups is 1. The summed E-state index contributed by atoms with van der Waals surface area (Å²) in [7, 11) is 1.79. The van der Waals surface area contributed by atoms with Crippen molar-refractivity contribution in [1.82, 2.24) is 0 Å². The van der Waals surface area contributed by atoms with E-state index in [2.05, 4.69) is 6.92 Å². The first kappa shape index (κ1) is 18.9. The molecule has 2 unspecified atom stereocenters. The molecule has 2 aliphatic rings. The summed E-state index contributed by atoms with van der Waals surface area (Å²) in [6.45, 7) is 4.13. The summed E-state index contributed by atoms with van der Waals surface area (Å²) in [5.74, 6) is 1.27. The third-order valence-electron chi connectivity index (χ3n) is 5.34. The highest BCUT2D eigenvalue weighted by atomic mass is 32.2. The Bertz CT molecular complexity index is 925. The third kappa shape index (κ3) is 3.37. The number of hydrogen-bond donors (Lipinski definition) is 0. The number of aryl methyl sites for hydroxylation is 1. The van der Waals surface area contributed by atoms with Crippen LogP contribution in [0.5, 0.6) is 11.5 Å². The van der Waals surface area contributed by atoms with Gasteiger partial charge in [0, 0.05) is 18.3 Å². The molecule has 2 aromatic rings. The molecule has 0 fully saturated rings. The second kappa shape index (κ2) is 7.51. The summed E-state index contributed by atoms with van der Waals surface area (Å²) in [5, 5.41) is -0.636. The highest BCUT2D eigenvalue weighted by Crippen LogP contribution is 2.40. The van der Waals surface area contributed by atoms with Gasteiger partial charge in [-0.1, -0.05) is 19.1 Å². The van der Waals surface area contributed by atoms with Gasteiger partial charge in [-0.05, 0) is 55.2 Å². The predicted molar refractivity (Wildman–Crippen MR) is 111 cm³/mol. The minimum atomic E-state index is -0.337. The first-order chi connectivity index (χ1) is 13.5. The van der Waals surface area contributed by atoms with E-state index in [4.69, 9.17) is 9.47 Å². The molecule has 2 aliphatic heterocycles. The smallest absolute Gasteiger partial charge is 0.240 e. The summed E-state index contributed by atoms with van der Waals surface area (Å²) < 4.78 is 10.9. The maximum absolute atomic E-state index is 13.2. The van der Waals surface area contributed by atoms with Gasteiger partial charge in [-0.25, -0.2) is 0 Å². The Kier molecular flexibility index (Phi) is 5.06. The Hall–Kier alpha value is -2.47. The van der Waals surface area contributed by atoms with Gasteiger partial charge in [0.05, 0.1) is 10.5 Å². The lowest BCUT2D eigenvalue weighted by atomic mass is 9.97. The van der Waals surface area contributed by atoms with Crippen LogP contribution in [0.2, 0.25) is 0 Å². The highest BCUT2D eigenvalue weighted by Gasteiger charge is 2.35. The molecule has 0 saturated carbocycles. The normalized spacial score (nSPS) is 20.5. The van der Waals surface area contributed by atoms with Crippen LogP contribution in [0, 0.1) is 0 Å². The number of fused-ring (bicyclic) bond motifs is 2. The summed E-state index contributed by atoms with van der Waals surface area (Å²) in [5.41, 5.74) is 3.57. The summed E-state index contributed by atoms with van der Waals surface area (Å²) in [6.07, 6.45) is 1.45. The number of nitrogens with zero attached hydrogens (tertiary/aromatic N) is 1. The number of Topliss-reactive ketones (excluding diaryl/α,β-unsaturated/α-hetero) is 1. The van der Waals surface area contributed by atoms with Crippen LogP contribution in [0.3, 0.4) is 0 Å². The van der Waals surface area contributed by atoms with Gasteiger partial charge in [-0.3, -0.25) is 9.59 Å². The number of carbonyl (C=O) groups excluding carboxylic acids is 2. The number of anilines is 1. The van der Waals surface area contributed by atoms with Crippen molar-refractivity contribution in [2.24, 2.45) is 0 Å². The molecule has 28 heavy (non-hydrogen) atoms. The van der Waals surface area contributed by atoms with E-state index in [1.165, 1.54) is 17.3 Å². The molecule has 0 aliphatic carbocycles. The monoisotopic (exact) mass is 397 g/mol. The van der Waals surface area contributed by atoms with Gasteiger partial charge < -0.3 is 14.4 Å². The van der Waals surface area contributed by atoms with Gasteiger partial charge in [0.25, 0.3) is 0 Å². The van der Waals surface area contributed by atoms with Crippen molar-refractivity contribution < 1.29 is 19.1 Å². The molecule has 0 N–H and O–H groups in total. The number of benzene rings is 2. The van der Waals surface area contributed by atoms with Crippen molar-refractivity contribution in [3.8, 4) is 11.5 Å². The Balaban J connectivity index is 1.62. The van der Waals surface area contributed by atoms with Crippen LogP contribution < -0.4 is 14.4 Å². The summed E-state index contributed by atoms with van der Waals surface area (Å²) in [6, 6.07) is 11.6. The fourth-order valence-electron chi connectivity index (χ4n) is 3.60. The molecule has 4 rings (SSSR count). The van der Waals surface area contributed by atoms with Crippen LogP contribution in [0.1, 0.15) is 35.3 Å². The number of rotatable bonds is 3. The average Bonchev–Trinajstić information content (AvgIpc) is 3.13. The van der Waals surface area contributed by atoms with E-state index in [1.54, 1.807) is 18.0 Å². The molecule has 0 bridgehead atoms. The van der Waals surface area contributed by atoms with Crippen molar-refractivity contribution in [3.63, 3.8) is 0 Å². The molecule has 0 spiro atoms. The molecule has 0 radical (unpaired) electrons. The van der Waals surface area contributed by atoms with Gasteiger partial charge in [0.2, 0.25) is 12.7 Å². The molecule has 2 aromatic carbocycles. The van der Waals surface area contributed by atoms with Crippen LogP contribution in [0.4, 0.5) is 5.69 Å². The van der Waals surface area contributed by atoms with Crippen LogP contribution in [0.25, 0.3) is 0 Å². The van der Waals surface area contributed by atoms with Crippen molar-refractivity contribution in [3.05, 3.63) is 53.1 Å². The highest BCUT2D eigenvalue weighted by molar-refractivity contribution is 8.02. The predicted octanol–water partition coefficient (Wildman–Crippen LogP) is 3.87. The number of carbonyl (C=O) groups is 2. The standard InChI is InChI=1S/C22H23NO4S/c1-4-14-5-7-16(8-6-14)23(3)22(25)20-10-15-9-18-19(27-12-26-18)11-17(15)21(24)13(2)28-20/h5-9,11,13,20H,4,10,12H2,1-3H3. The average molecular weight is 397 g/mol. The first-order valence-corrected chi connectivity index (χ1v) is 10.4. The first-order valence-electron chi connectivity index (χ1n) is 9.46. The lowest BCUT2D eigenvalue weighted by molar-refractivity contribution is -0.117. The largest absolute Gasteiger partial charge is 0.454 e. The van der Waals surface area contributed by atoms with Crippen LogP contribution >= 0.6 is 11.8 Å². The number of amides is 1. The SMILES string of the molecule is CCc1ccc(N(C)C(=O)C2Cc3cc4c(cc3C(=O)C(C)S2)OCO4)cc1. The fraction of sp³-hybridized carbons (Fsp3) is 0.364. The quantitative estimate of drug-likeness (QED) is 0.787. The van der Waals surface area contributed by atoms with E-state index >= 15 is 0 Å². The lowest BCUT2D eigenvalue weighted by Crippen LogP contribution is -2.36. The fourth-order valence-corrected chi connectivity index (χ4v) is 4.90. The van der Waals surface area contributed by atoms with E-state index in [0.717, 1.165) is 17.7 Å². The molecular formula is C22H23NO4S. The number of ketones is 1. The number of hydrogen-bond acceptors (Lipinski definition) is 5. The Labute approximate surface area is 169 Å². The maximum Gasteiger partial charge on any atom is 0.240 e. The Morgan fingerprint density at radius 3 is 2.54 bits per heavy atom. The van der Waals surface area contributed by atoms with Crippen LogP contribution in [-0.4, -0.2) is 36.0 Å². The van der Waals surface area contributed by atoms with Gasteiger partial charge >= 0.3 is 0 Å². The van der Waals surface area contributed by atoms with Crippen molar-refractivity contribution >= 4 is 29.1 Å². The molecular weight excluding hydrogens is 374 g/mol. The summed E-state index contributed by atoms with van der Waals surface area (Å²) >= 11 is 1.43. The van der Waals surface area contributed by atoms with Gasteiger partial charge in [-0.15, -0.1) is 11.8 Å². The van der Waals surface area contributed by atoms with E-state index < -0.39 is 0 Å². The molecule has 2 atom stereocenters. The van der Waals surface area contributed by atoms with Crippen molar-refractivity contribution in [2.45, 2.75) is 37.2 Å². The van der Waals surface area contributed by atoms with E-state index in [0.29, 0.717) is 23.5 Å². The third-order valence-corrected chi connectivity index (χ3v) is 6.66. The van der Waals surface area contributed by atoms with Crippen molar-refractivity contribution in [1.29, 1.82) is 0 Å². The van der Waals surface area contributed by atoms with Gasteiger partial charge in [0.15, 0.2) is 17.3 Å². The lowest BCUT2D eigenvalue weighted by Gasteiger charge is -2.24. The van der Waals surface area contributed by atoms with Crippen molar-refractivity contribution in [2.75, 3.05) is 18.7 Å². The molecule has 146 valence electrons. The topological polar surface area (TPSA) is 55.8 Å². The second-order valence-corrected chi connectivity index (χ2v) is 8.66. The van der Waals surface area contributed by atoms with E-state index in [9.17, 15) is 9.59 Å². The minimum Gasteiger partial charge on any atom is -0.454 e. The molecule has 1 amide bonds. The molecule has 0 aromatic heterocycles. The zero-order chi connectivity index (χ0) is 19.8. The van der Waals surface area contributed by atoms with Gasteiger partial charge in [0.1, 0.15) is 0 Å². The molecule has 6 heteroatoms.